The fraction of sp³-hybridized carbons (Fsp3) is 0.316. The first-order chi connectivity index (χ1) is 24.1. The molecule has 1 atom stereocenters. The zero-order valence-electron chi connectivity index (χ0n) is 28.1. The minimum Gasteiger partial charge on any atom is -0.493 e. The van der Waals surface area contributed by atoms with Crippen LogP contribution in [0.1, 0.15) is 43.2 Å². The SMILES string of the molecule is COc1ccc(S(=O)(=O)N(CC(=O)N(Cc2ccc(F)cc2)[C@H](Cc2ccccc2)C(=O)NC2CCCCC2)c2ccc(F)cc2)cc1OC. The van der Waals surface area contributed by atoms with Crippen LogP contribution in [0.5, 0.6) is 11.5 Å². The second-order valence-electron chi connectivity index (χ2n) is 12.2. The Hall–Kier alpha value is -4.97. The van der Waals surface area contributed by atoms with Crippen LogP contribution in [-0.2, 0) is 32.6 Å². The average molecular weight is 706 g/mol. The first-order valence-electron chi connectivity index (χ1n) is 16.5. The summed E-state index contributed by atoms with van der Waals surface area (Å²) in [4.78, 5) is 30.0. The molecule has 1 aliphatic carbocycles. The van der Waals surface area contributed by atoms with Crippen molar-refractivity contribution in [1.82, 2.24) is 10.2 Å². The molecule has 0 spiro atoms. The number of carbonyl (C=O) groups is 2. The van der Waals surface area contributed by atoms with Crippen LogP contribution in [0.15, 0.2) is 102 Å². The zero-order valence-corrected chi connectivity index (χ0v) is 28.9. The van der Waals surface area contributed by atoms with Gasteiger partial charge in [0, 0.05) is 25.1 Å². The Bertz CT molecular complexity index is 1850. The fourth-order valence-electron chi connectivity index (χ4n) is 6.13. The van der Waals surface area contributed by atoms with E-state index in [2.05, 4.69) is 5.32 Å². The highest BCUT2D eigenvalue weighted by Crippen LogP contribution is 2.32. The van der Waals surface area contributed by atoms with E-state index in [9.17, 15) is 26.8 Å². The minimum absolute atomic E-state index is 0.0301. The normalized spacial score (nSPS) is 14.0. The maximum absolute atomic E-state index is 14.6. The predicted molar refractivity (Wildman–Crippen MR) is 186 cm³/mol. The molecule has 1 aliphatic rings. The van der Waals surface area contributed by atoms with Crippen molar-refractivity contribution in [3.05, 3.63) is 120 Å². The first-order valence-corrected chi connectivity index (χ1v) is 17.9. The summed E-state index contributed by atoms with van der Waals surface area (Å²) in [6.45, 7) is -0.839. The van der Waals surface area contributed by atoms with Gasteiger partial charge in [0.25, 0.3) is 10.0 Å². The van der Waals surface area contributed by atoms with Crippen molar-refractivity contribution in [3.8, 4) is 11.5 Å². The smallest absolute Gasteiger partial charge is 0.264 e. The lowest BCUT2D eigenvalue weighted by Crippen LogP contribution is -2.55. The second-order valence-corrected chi connectivity index (χ2v) is 14.1. The van der Waals surface area contributed by atoms with Crippen molar-refractivity contribution in [2.24, 2.45) is 0 Å². The van der Waals surface area contributed by atoms with E-state index in [1.165, 1.54) is 73.7 Å². The monoisotopic (exact) mass is 705 g/mol. The van der Waals surface area contributed by atoms with Crippen LogP contribution < -0.4 is 19.1 Å². The maximum atomic E-state index is 14.6. The first kappa shape index (κ1) is 36.3. The summed E-state index contributed by atoms with van der Waals surface area (Å²) in [5, 5.41) is 3.15. The number of methoxy groups -OCH3 is 2. The van der Waals surface area contributed by atoms with E-state index in [0.29, 0.717) is 11.3 Å². The van der Waals surface area contributed by atoms with Gasteiger partial charge in [-0.15, -0.1) is 0 Å². The molecule has 0 heterocycles. The Kier molecular flexibility index (Phi) is 12.1. The summed E-state index contributed by atoms with van der Waals surface area (Å²) < 4.78 is 68.2. The van der Waals surface area contributed by atoms with E-state index >= 15 is 0 Å². The van der Waals surface area contributed by atoms with Crippen molar-refractivity contribution in [3.63, 3.8) is 0 Å². The van der Waals surface area contributed by atoms with E-state index in [0.717, 1.165) is 54.1 Å². The summed E-state index contributed by atoms with van der Waals surface area (Å²) >= 11 is 0. The third kappa shape index (κ3) is 8.97. The Morgan fingerprint density at radius 1 is 0.800 bits per heavy atom. The van der Waals surface area contributed by atoms with Gasteiger partial charge in [0.2, 0.25) is 11.8 Å². The Labute approximate surface area is 291 Å². The molecule has 4 aromatic rings. The van der Waals surface area contributed by atoms with Gasteiger partial charge in [-0.2, -0.15) is 0 Å². The highest BCUT2D eigenvalue weighted by molar-refractivity contribution is 7.92. The molecule has 0 radical (unpaired) electrons. The van der Waals surface area contributed by atoms with Crippen LogP contribution in [0.25, 0.3) is 0 Å². The number of hydrogen-bond acceptors (Lipinski definition) is 6. The predicted octanol–water partition coefficient (Wildman–Crippen LogP) is 6.27. The Morgan fingerprint density at radius 2 is 1.42 bits per heavy atom. The van der Waals surface area contributed by atoms with E-state index in [1.807, 2.05) is 30.3 Å². The van der Waals surface area contributed by atoms with Gasteiger partial charge < -0.3 is 19.7 Å². The van der Waals surface area contributed by atoms with E-state index in [4.69, 9.17) is 9.47 Å². The molecule has 1 saturated carbocycles. The molecular formula is C38H41F2N3O6S. The van der Waals surface area contributed by atoms with Crippen LogP contribution in [-0.4, -0.2) is 58.0 Å². The van der Waals surface area contributed by atoms with E-state index < -0.39 is 40.2 Å². The van der Waals surface area contributed by atoms with Gasteiger partial charge in [-0.25, -0.2) is 17.2 Å². The average Bonchev–Trinajstić information content (AvgIpc) is 3.13. The van der Waals surface area contributed by atoms with Crippen molar-refractivity contribution in [2.75, 3.05) is 25.1 Å². The molecule has 9 nitrogen and oxygen atoms in total. The molecule has 4 aromatic carbocycles. The lowest BCUT2D eigenvalue weighted by atomic mass is 9.94. The number of hydrogen-bond donors (Lipinski definition) is 1. The molecule has 2 amide bonds. The van der Waals surface area contributed by atoms with Crippen LogP contribution in [0.3, 0.4) is 0 Å². The third-order valence-corrected chi connectivity index (χ3v) is 10.6. The number of sulfonamides is 1. The topological polar surface area (TPSA) is 105 Å². The largest absolute Gasteiger partial charge is 0.493 e. The molecular weight excluding hydrogens is 664 g/mol. The van der Waals surface area contributed by atoms with Gasteiger partial charge in [-0.1, -0.05) is 61.7 Å². The fourth-order valence-corrected chi connectivity index (χ4v) is 7.56. The molecule has 0 bridgehead atoms. The number of ether oxygens (including phenoxy) is 2. The molecule has 5 rings (SSSR count). The van der Waals surface area contributed by atoms with Gasteiger partial charge in [0.05, 0.1) is 24.8 Å². The molecule has 1 N–H and O–H groups in total. The lowest BCUT2D eigenvalue weighted by Gasteiger charge is -2.35. The molecule has 0 unspecified atom stereocenters. The number of halogens is 2. The van der Waals surface area contributed by atoms with Gasteiger partial charge >= 0.3 is 0 Å². The van der Waals surface area contributed by atoms with E-state index in [1.54, 1.807) is 0 Å². The Morgan fingerprint density at radius 3 is 2.04 bits per heavy atom. The van der Waals surface area contributed by atoms with Crippen molar-refractivity contribution in [1.29, 1.82) is 0 Å². The minimum atomic E-state index is -4.48. The van der Waals surface area contributed by atoms with Crippen LogP contribution in [0.4, 0.5) is 14.5 Å². The molecule has 264 valence electrons. The quantitative estimate of drug-likeness (QED) is 0.166. The summed E-state index contributed by atoms with van der Waals surface area (Å²) in [6.07, 6.45) is 4.82. The van der Waals surface area contributed by atoms with Crippen molar-refractivity contribution >= 4 is 27.5 Å². The van der Waals surface area contributed by atoms with Crippen LogP contribution in [0, 0.1) is 11.6 Å². The maximum Gasteiger partial charge on any atom is 0.264 e. The summed E-state index contributed by atoms with van der Waals surface area (Å²) in [7, 11) is -1.69. The standard InChI is InChI=1S/C38H41F2N3O6S/c1-48-35-22-21-33(24-36(35)49-2)50(46,47)43(32-19-17-30(40)18-20-32)26-37(44)42(25-28-13-15-29(39)16-14-28)34(23-27-9-5-3-6-10-27)38(45)41-31-11-7-4-8-12-31/h3,5-6,9-10,13-22,24,31,34H,4,7-8,11-12,23,25-26H2,1-2H3,(H,41,45)/t34-/m1/s1. The van der Waals surface area contributed by atoms with Gasteiger partial charge in [0.1, 0.15) is 24.2 Å². The van der Waals surface area contributed by atoms with Crippen LogP contribution in [0.2, 0.25) is 0 Å². The second kappa shape index (κ2) is 16.6. The number of nitrogens with zero attached hydrogens (tertiary/aromatic N) is 2. The summed E-state index contributed by atoms with van der Waals surface area (Å²) in [5.41, 5.74) is 1.36. The number of carbonyl (C=O) groups excluding carboxylic acids is 2. The highest BCUT2D eigenvalue weighted by Gasteiger charge is 2.36. The molecule has 0 aliphatic heterocycles. The van der Waals surface area contributed by atoms with Gasteiger partial charge in [-0.05, 0) is 72.5 Å². The highest BCUT2D eigenvalue weighted by atomic mass is 32.2. The van der Waals surface area contributed by atoms with Crippen LogP contribution >= 0.6 is 0 Å². The molecule has 1 fully saturated rings. The van der Waals surface area contributed by atoms with Gasteiger partial charge in [0.15, 0.2) is 11.5 Å². The summed E-state index contributed by atoms with van der Waals surface area (Å²) in [6, 6.07) is 22.5. The van der Waals surface area contributed by atoms with Gasteiger partial charge in [-0.3, -0.25) is 13.9 Å². The third-order valence-electron chi connectivity index (χ3n) is 8.83. The number of benzene rings is 4. The molecule has 50 heavy (non-hydrogen) atoms. The number of nitrogens with one attached hydrogen (secondary N) is 1. The Balaban J connectivity index is 1.57. The number of amides is 2. The molecule has 12 heteroatoms. The molecule has 0 aromatic heterocycles. The van der Waals surface area contributed by atoms with Crippen molar-refractivity contribution < 1.29 is 36.3 Å². The number of rotatable bonds is 14. The zero-order chi connectivity index (χ0) is 35.7. The number of anilines is 1. The van der Waals surface area contributed by atoms with Crippen molar-refractivity contribution in [2.45, 2.75) is 62.0 Å². The lowest BCUT2D eigenvalue weighted by molar-refractivity contribution is -0.140. The van der Waals surface area contributed by atoms with E-state index in [-0.39, 0.29) is 41.2 Å². The molecule has 0 saturated heterocycles. The summed E-state index contributed by atoms with van der Waals surface area (Å²) in [5.74, 6) is -1.67.